The lowest BCUT2D eigenvalue weighted by Gasteiger charge is -2.05. The molecule has 0 saturated heterocycles. The number of thioether (sulfide) groups is 1. The molecule has 0 spiro atoms. The van der Waals surface area contributed by atoms with Gasteiger partial charge in [0.1, 0.15) is 5.82 Å². The van der Waals surface area contributed by atoms with Crippen LogP contribution in [-0.4, -0.2) is 16.6 Å². The molecule has 3 N–H and O–H groups in total. The minimum atomic E-state index is -0.332. The molecule has 7 heteroatoms. The molecule has 2 rings (SSSR count). The number of hydrogen-bond donors (Lipinski definition) is 2. The van der Waals surface area contributed by atoms with Gasteiger partial charge in [-0.1, -0.05) is 17.4 Å². The average Bonchev–Trinajstić information content (AvgIpc) is 2.70. The van der Waals surface area contributed by atoms with E-state index in [-0.39, 0.29) is 17.5 Å². The molecule has 0 aliphatic rings. The quantitative estimate of drug-likeness (QED) is 0.851. The maximum atomic E-state index is 13.4. The smallest absolute Gasteiger partial charge is 0.234 e. The van der Waals surface area contributed by atoms with E-state index in [0.29, 0.717) is 16.4 Å². The minimum Gasteiger partial charge on any atom is -0.375 e. The van der Waals surface area contributed by atoms with E-state index >= 15 is 0 Å². The van der Waals surface area contributed by atoms with Crippen LogP contribution in [0.15, 0.2) is 22.4 Å². The van der Waals surface area contributed by atoms with Gasteiger partial charge in [0.2, 0.25) is 5.91 Å². The Labute approximate surface area is 124 Å². The highest BCUT2D eigenvalue weighted by Crippen LogP contribution is 2.30. The third-order valence-corrected chi connectivity index (χ3v) is 4.91. The summed E-state index contributed by atoms with van der Waals surface area (Å²) in [7, 11) is 0. The van der Waals surface area contributed by atoms with E-state index in [9.17, 15) is 9.18 Å². The number of anilines is 2. The first-order valence-electron chi connectivity index (χ1n) is 5.87. The number of rotatable bonds is 4. The van der Waals surface area contributed by atoms with Gasteiger partial charge >= 0.3 is 0 Å². The number of nitrogens with two attached hydrogens (primary N) is 1. The molecule has 0 bridgehead atoms. The van der Waals surface area contributed by atoms with Crippen molar-refractivity contribution in [2.24, 2.45) is 0 Å². The SMILES string of the molecule is Cc1ccc(NC(=O)CSc2sc(N)nc2C)cc1F. The second kappa shape index (κ2) is 6.23. The lowest BCUT2D eigenvalue weighted by Crippen LogP contribution is -2.14. The van der Waals surface area contributed by atoms with E-state index in [2.05, 4.69) is 10.3 Å². The number of amides is 1. The van der Waals surface area contributed by atoms with Gasteiger partial charge < -0.3 is 11.1 Å². The fourth-order valence-corrected chi connectivity index (χ4v) is 3.36. The minimum absolute atomic E-state index is 0.190. The number of nitrogen functional groups attached to an aromatic ring is 1. The van der Waals surface area contributed by atoms with Crippen molar-refractivity contribution < 1.29 is 9.18 Å². The summed E-state index contributed by atoms with van der Waals surface area (Å²) in [6.07, 6.45) is 0. The summed E-state index contributed by atoms with van der Waals surface area (Å²) in [6, 6.07) is 4.62. The normalized spacial score (nSPS) is 10.6. The van der Waals surface area contributed by atoms with Gasteiger partial charge in [-0.2, -0.15) is 0 Å². The van der Waals surface area contributed by atoms with Crippen molar-refractivity contribution in [3.05, 3.63) is 35.3 Å². The number of benzene rings is 1. The Morgan fingerprint density at radius 1 is 1.50 bits per heavy atom. The van der Waals surface area contributed by atoms with E-state index in [1.54, 1.807) is 19.1 Å². The van der Waals surface area contributed by atoms with Gasteiger partial charge in [-0.15, -0.1) is 11.8 Å². The van der Waals surface area contributed by atoms with E-state index in [1.165, 1.54) is 29.2 Å². The molecule has 0 aliphatic heterocycles. The highest BCUT2D eigenvalue weighted by molar-refractivity contribution is 8.01. The number of nitrogens with zero attached hydrogens (tertiary/aromatic N) is 1. The van der Waals surface area contributed by atoms with Crippen molar-refractivity contribution >= 4 is 39.8 Å². The summed E-state index contributed by atoms with van der Waals surface area (Å²) < 4.78 is 14.3. The van der Waals surface area contributed by atoms with Gasteiger partial charge in [0, 0.05) is 5.69 Å². The number of hydrogen-bond acceptors (Lipinski definition) is 5. The van der Waals surface area contributed by atoms with Gasteiger partial charge in [0.15, 0.2) is 5.13 Å². The molecule has 0 saturated carbocycles. The Balaban J connectivity index is 1.92. The average molecular weight is 311 g/mol. The molecule has 0 unspecified atom stereocenters. The maximum absolute atomic E-state index is 13.4. The van der Waals surface area contributed by atoms with E-state index in [4.69, 9.17) is 5.73 Å². The molecule has 1 aromatic carbocycles. The molecular weight excluding hydrogens is 297 g/mol. The van der Waals surface area contributed by atoms with Crippen molar-refractivity contribution in [3.63, 3.8) is 0 Å². The van der Waals surface area contributed by atoms with Gasteiger partial charge in [-0.25, -0.2) is 9.37 Å². The molecule has 4 nitrogen and oxygen atoms in total. The Hall–Kier alpha value is -1.60. The first-order chi connectivity index (χ1) is 9.45. The predicted molar refractivity (Wildman–Crippen MR) is 81.8 cm³/mol. The third-order valence-electron chi connectivity index (χ3n) is 2.56. The number of thiazole rings is 1. The number of aryl methyl sites for hydroxylation is 2. The molecule has 2 aromatic rings. The van der Waals surface area contributed by atoms with Crippen LogP contribution in [0.1, 0.15) is 11.3 Å². The Kier molecular flexibility index (Phi) is 4.61. The Morgan fingerprint density at radius 3 is 2.85 bits per heavy atom. The van der Waals surface area contributed by atoms with Gasteiger partial charge in [-0.3, -0.25) is 4.79 Å². The van der Waals surface area contributed by atoms with Gasteiger partial charge in [0.05, 0.1) is 15.7 Å². The number of halogens is 1. The molecule has 106 valence electrons. The monoisotopic (exact) mass is 311 g/mol. The van der Waals surface area contributed by atoms with Crippen molar-refractivity contribution in [2.75, 3.05) is 16.8 Å². The number of aromatic nitrogens is 1. The van der Waals surface area contributed by atoms with Crippen LogP contribution in [-0.2, 0) is 4.79 Å². The van der Waals surface area contributed by atoms with Crippen LogP contribution in [0.3, 0.4) is 0 Å². The topological polar surface area (TPSA) is 68.0 Å². The maximum Gasteiger partial charge on any atom is 0.234 e. The van der Waals surface area contributed by atoms with E-state index in [1.807, 2.05) is 6.92 Å². The fourth-order valence-electron chi connectivity index (χ4n) is 1.54. The lowest BCUT2D eigenvalue weighted by molar-refractivity contribution is -0.113. The first kappa shape index (κ1) is 14.8. The predicted octanol–water partition coefficient (Wildman–Crippen LogP) is 3.21. The molecular formula is C13H14FN3OS2. The number of carbonyl (C=O) groups is 1. The summed E-state index contributed by atoms with van der Waals surface area (Å²) in [5.41, 5.74) is 7.42. The highest BCUT2D eigenvalue weighted by Gasteiger charge is 2.10. The molecule has 1 heterocycles. The number of carbonyl (C=O) groups excluding carboxylic acids is 1. The molecule has 1 amide bonds. The van der Waals surface area contributed by atoms with Crippen molar-refractivity contribution in [1.82, 2.24) is 4.98 Å². The Morgan fingerprint density at radius 2 is 2.25 bits per heavy atom. The van der Waals surface area contributed by atoms with Crippen molar-refractivity contribution in [2.45, 2.75) is 18.1 Å². The highest BCUT2D eigenvalue weighted by atomic mass is 32.2. The van der Waals surface area contributed by atoms with E-state index in [0.717, 1.165) is 9.90 Å². The largest absolute Gasteiger partial charge is 0.375 e. The van der Waals surface area contributed by atoms with Crippen LogP contribution in [0, 0.1) is 19.7 Å². The molecule has 0 radical (unpaired) electrons. The fraction of sp³-hybridized carbons (Fsp3) is 0.231. The summed E-state index contributed by atoms with van der Waals surface area (Å²) in [5, 5.41) is 3.15. The van der Waals surface area contributed by atoms with Crippen LogP contribution in [0.2, 0.25) is 0 Å². The summed E-state index contributed by atoms with van der Waals surface area (Å²) in [6.45, 7) is 3.52. The molecule has 0 fully saturated rings. The standard InChI is InChI=1S/C13H14FN3OS2/c1-7-3-4-9(5-10(7)14)17-11(18)6-19-12-8(2)16-13(15)20-12/h3-5H,6H2,1-2H3,(H2,15,16)(H,17,18). The zero-order valence-corrected chi connectivity index (χ0v) is 12.7. The first-order valence-corrected chi connectivity index (χ1v) is 7.67. The third kappa shape index (κ3) is 3.71. The van der Waals surface area contributed by atoms with Crippen LogP contribution in [0.4, 0.5) is 15.2 Å². The van der Waals surface area contributed by atoms with Crippen LogP contribution >= 0.6 is 23.1 Å². The lowest BCUT2D eigenvalue weighted by atomic mass is 10.2. The van der Waals surface area contributed by atoms with E-state index < -0.39 is 0 Å². The van der Waals surface area contributed by atoms with Gasteiger partial charge in [0.25, 0.3) is 0 Å². The van der Waals surface area contributed by atoms with Crippen molar-refractivity contribution in [1.29, 1.82) is 0 Å². The summed E-state index contributed by atoms with van der Waals surface area (Å²) >= 11 is 2.73. The molecule has 0 aliphatic carbocycles. The summed E-state index contributed by atoms with van der Waals surface area (Å²) in [4.78, 5) is 15.9. The Bertz CT molecular complexity index is 643. The summed E-state index contributed by atoms with van der Waals surface area (Å²) in [5.74, 6) is -0.288. The second-order valence-electron chi connectivity index (χ2n) is 4.23. The zero-order chi connectivity index (χ0) is 14.7. The van der Waals surface area contributed by atoms with Gasteiger partial charge in [-0.05, 0) is 31.5 Å². The van der Waals surface area contributed by atoms with Crippen LogP contribution < -0.4 is 11.1 Å². The number of nitrogens with one attached hydrogen (secondary N) is 1. The zero-order valence-electron chi connectivity index (χ0n) is 11.1. The molecule has 1 aromatic heterocycles. The van der Waals surface area contributed by atoms with Crippen LogP contribution in [0.5, 0.6) is 0 Å². The van der Waals surface area contributed by atoms with Crippen LogP contribution in [0.25, 0.3) is 0 Å². The van der Waals surface area contributed by atoms with Crippen molar-refractivity contribution in [3.8, 4) is 0 Å². The second-order valence-corrected chi connectivity index (χ2v) is 6.50. The molecule has 0 atom stereocenters. The molecule has 20 heavy (non-hydrogen) atoms.